The number of anilines is 1. The second-order valence-corrected chi connectivity index (χ2v) is 5.71. The van der Waals surface area contributed by atoms with Gasteiger partial charge in [0.2, 0.25) is 0 Å². The van der Waals surface area contributed by atoms with Crippen LogP contribution in [0.2, 0.25) is 0 Å². The monoisotopic (exact) mass is 261 g/mol. The summed E-state index contributed by atoms with van der Waals surface area (Å²) in [5, 5.41) is 3.41. The Bertz CT molecular complexity index is 391. The largest absolute Gasteiger partial charge is 0.356 e. The predicted molar refractivity (Wildman–Crippen MR) is 81.4 cm³/mol. The van der Waals surface area contributed by atoms with Crippen LogP contribution in [0.3, 0.4) is 0 Å². The quantitative estimate of drug-likeness (QED) is 0.882. The summed E-state index contributed by atoms with van der Waals surface area (Å²) in [7, 11) is 2.21. The van der Waals surface area contributed by atoms with E-state index in [1.54, 1.807) is 0 Å². The van der Waals surface area contributed by atoms with Crippen molar-refractivity contribution >= 4 is 5.82 Å². The zero-order chi connectivity index (χ0) is 13.7. The molecule has 3 nitrogen and oxygen atoms in total. The molecule has 0 spiro atoms. The zero-order valence-electron chi connectivity index (χ0n) is 12.5. The Labute approximate surface area is 117 Å². The molecule has 1 aromatic heterocycles. The number of hydrogen-bond donors (Lipinski definition) is 1. The van der Waals surface area contributed by atoms with Crippen LogP contribution in [-0.4, -0.2) is 24.6 Å². The van der Waals surface area contributed by atoms with Crippen LogP contribution >= 0.6 is 0 Å². The Morgan fingerprint density at radius 3 is 2.89 bits per heavy atom. The van der Waals surface area contributed by atoms with E-state index in [0.717, 1.165) is 24.8 Å². The highest BCUT2D eigenvalue weighted by Crippen LogP contribution is 2.30. The van der Waals surface area contributed by atoms with Crippen LogP contribution in [0.4, 0.5) is 5.82 Å². The van der Waals surface area contributed by atoms with Crippen LogP contribution in [0, 0.1) is 5.92 Å². The second kappa shape index (κ2) is 6.90. The third kappa shape index (κ3) is 3.47. The Kier molecular flexibility index (Phi) is 5.20. The number of pyridine rings is 1. The fourth-order valence-electron chi connectivity index (χ4n) is 3.17. The first-order chi connectivity index (χ1) is 9.24. The van der Waals surface area contributed by atoms with E-state index in [9.17, 15) is 0 Å². The van der Waals surface area contributed by atoms with Gasteiger partial charge in [0.1, 0.15) is 5.82 Å². The lowest BCUT2D eigenvalue weighted by atomic mass is 9.85. The third-order valence-electron chi connectivity index (χ3n) is 4.33. The van der Waals surface area contributed by atoms with Crippen molar-refractivity contribution < 1.29 is 0 Å². The van der Waals surface area contributed by atoms with Crippen molar-refractivity contribution in [2.75, 3.05) is 18.5 Å². The SMILES string of the molecule is CCNCc1cccnc1N(C)C1CCCCC1C. The van der Waals surface area contributed by atoms with Gasteiger partial charge in [-0.05, 0) is 31.4 Å². The van der Waals surface area contributed by atoms with Gasteiger partial charge in [-0.15, -0.1) is 0 Å². The van der Waals surface area contributed by atoms with Crippen LogP contribution in [0.1, 0.15) is 45.1 Å². The maximum absolute atomic E-state index is 4.63. The molecule has 1 saturated carbocycles. The smallest absolute Gasteiger partial charge is 0.133 e. The number of aromatic nitrogens is 1. The van der Waals surface area contributed by atoms with Crippen LogP contribution in [0.25, 0.3) is 0 Å². The highest BCUT2D eigenvalue weighted by Gasteiger charge is 2.26. The summed E-state index contributed by atoms with van der Waals surface area (Å²) in [6, 6.07) is 4.87. The molecule has 0 radical (unpaired) electrons. The molecule has 1 N–H and O–H groups in total. The maximum atomic E-state index is 4.63. The van der Waals surface area contributed by atoms with Crippen molar-refractivity contribution in [3.05, 3.63) is 23.9 Å². The van der Waals surface area contributed by atoms with Crippen LogP contribution in [0.15, 0.2) is 18.3 Å². The Hall–Kier alpha value is -1.09. The topological polar surface area (TPSA) is 28.2 Å². The molecule has 2 rings (SSSR count). The number of nitrogens with zero attached hydrogens (tertiary/aromatic N) is 2. The minimum Gasteiger partial charge on any atom is -0.356 e. The van der Waals surface area contributed by atoms with Gasteiger partial charge in [0, 0.05) is 31.4 Å². The van der Waals surface area contributed by atoms with Crippen molar-refractivity contribution in [2.24, 2.45) is 5.92 Å². The molecule has 0 aromatic carbocycles. The van der Waals surface area contributed by atoms with E-state index in [0.29, 0.717) is 6.04 Å². The number of nitrogens with one attached hydrogen (secondary N) is 1. The maximum Gasteiger partial charge on any atom is 0.133 e. The molecule has 106 valence electrons. The molecular formula is C16H27N3. The van der Waals surface area contributed by atoms with Gasteiger partial charge < -0.3 is 10.2 Å². The van der Waals surface area contributed by atoms with E-state index in [1.165, 1.54) is 31.2 Å². The molecule has 3 heteroatoms. The number of hydrogen-bond acceptors (Lipinski definition) is 3. The summed E-state index contributed by atoms with van der Waals surface area (Å²) in [6.07, 6.45) is 7.31. The molecule has 0 amide bonds. The molecule has 0 aliphatic heterocycles. The highest BCUT2D eigenvalue weighted by atomic mass is 15.2. The first-order valence-electron chi connectivity index (χ1n) is 7.61. The molecule has 19 heavy (non-hydrogen) atoms. The number of rotatable bonds is 5. The first kappa shape index (κ1) is 14.3. The average Bonchev–Trinajstić information content (AvgIpc) is 2.45. The minimum absolute atomic E-state index is 0.643. The van der Waals surface area contributed by atoms with Gasteiger partial charge in [-0.1, -0.05) is 32.8 Å². The molecule has 1 heterocycles. The lowest BCUT2D eigenvalue weighted by Gasteiger charge is -2.37. The summed E-state index contributed by atoms with van der Waals surface area (Å²) in [5.41, 5.74) is 1.31. The molecule has 1 aliphatic carbocycles. The van der Waals surface area contributed by atoms with E-state index < -0.39 is 0 Å². The zero-order valence-corrected chi connectivity index (χ0v) is 12.5. The Morgan fingerprint density at radius 2 is 2.16 bits per heavy atom. The van der Waals surface area contributed by atoms with Gasteiger partial charge in [0.25, 0.3) is 0 Å². The van der Waals surface area contributed by atoms with E-state index in [1.807, 2.05) is 12.3 Å². The molecule has 1 aliphatic rings. The van der Waals surface area contributed by atoms with Gasteiger partial charge in [-0.2, -0.15) is 0 Å². The lowest BCUT2D eigenvalue weighted by Crippen LogP contribution is -2.40. The third-order valence-corrected chi connectivity index (χ3v) is 4.33. The normalized spacial score (nSPS) is 23.3. The van der Waals surface area contributed by atoms with E-state index in [4.69, 9.17) is 0 Å². The van der Waals surface area contributed by atoms with Gasteiger partial charge in [-0.3, -0.25) is 0 Å². The van der Waals surface area contributed by atoms with Gasteiger partial charge >= 0.3 is 0 Å². The molecule has 0 bridgehead atoms. The van der Waals surface area contributed by atoms with Crippen molar-refractivity contribution in [1.29, 1.82) is 0 Å². The summed E-state index contributed by atoms with van der Waals surface area (Å²) >= 11 is 0. The molecule has 0 saturated heterocycles. The molecule has 2 atom stereocenters. The van der Waals surface area contributed by atoms with E-state index in [-0.39, 0.29) is 0 Å². The van der Waals surface area contributed by atoms with Crippen LogP contribution in [0.5, 0.6) is 0 Å². The van der Waals surface area contributed by atoms with Crippen LogP contribution < -0.4 is 10.2 Å². The van der Waals surface area contributed by atoms with Crippen LogP contribution in [-0.2, 0) is 6.54 Å². The fraction of sp³-hybridized carbons (Fsp3) is 0.688. The summed E-state index contributed by atoms with van der Waals surface area (Å²) < 4.78 is 0. The van der Waals surface area contributed by atoms with E-state index >= 15 is 0 Å². The Morgan fingerprint density at radius 1 is 1.37 bits per heavy atom. The standard InChI is InChI=1S/C16H27N3/c1-4-17-12-14-9-7-11-18-16(14)19(3)15-10-6-5-8-13(15)2/h7,9,11,13,15,17H,4-6,8,10,12H2,1-3H3. The molecule has 2 unspecified atom stereocenters. The predicted octanol–water partition coefficient (Wildman–Crippen LogP) is 3.21. The average molecular weight is 261 g/mol. The van der Waals surface area contributed by atoms with Gasteiger partial charge in [-0.25, -0.2) is 4.98 Å². The minimum atomic E-state index is 0.643. The fourth-order valence-corrected chi connectivity index (χ4v) is 3.17. The lowest BCUT2D eigenvalue weighted by molar-refractivity contribution is 0.320. The van der Waals surface area contributed by atoms with E-state index in [2.05, 4.69) is 42.2 Å². The molecule has 1 fully saturated rings. The second-order valence-electron chi connectivity index (χ2n) is 5.71. The first-order valence-corrected chi connectivity index (χ1v) is 7.61. The molecule has 1 aromatic rings. The highest BCUT2D eigenvalue weighted by molar-refractivity contribution is 5.47. The van der Waals surface area contributed by atoms with Gasteiger partial charge in [0.15, 0.2) is 0 Å². The molecular weight excluding hydrogens is 234 g/mol. The van der Waals surface area contributed by atoms with Crippen molar-refractivity contribution in [2.45, 2.75) is 52.1 Å². The Balaban J connectivity index is 2.15. The summed E-state index contributed by atoms with van der Waals surface area (Å²) in [4.78, 5) is 7.04. The van der Waals surface area contributed by atoms with Crippen molar-refractivity contribution in [3.8, 4) is 0 Å². The summed E-state index contributed by atoms with van der Waals surface area (Å²) in [6.45, 7) is 6.43. The van der Waals surface area contributed by atoms with Crippen molar-refractivity contribution in [3.63, 3.8) is 0 Å². The van der Waals surface area contributed by atoms with Crippen molar-refractivity contribution in [1.82, 2.24) is 10.3 Å². The van der Waals surface area contributed by atoms with Gasteiger partial charge in [0.05, 0.1) is 0 Å². The summed E-state index contributed by atoms with van der Waals surface area (Å²) in [5.74, 6) is 1.93.